The van der Waals surface area contributed by atoms with Crippen LogP contribution in [0.25, 0.3) is 0 Å². The molecular formula is C22H29N3O4. The predicted octanol–water partition coefficient (Wildman–Crippen LogP) is 2.90. The molecule has 1 fully saturated rings. The van der Waals surface area contributed by atoms with E-state index in [0.29, 0.717) is 55.7 Å². The zero-order valence-corrected chi connectivity index (χ0v) is 17.6. The van der Waals surface area contributed by atoms with Crippen LogP contribution in [-0.4, -0.2) is 49.1 Å². The summed E-state index contributed by atoms with van der Waals surface area (Å²) in [7, 11) is 1.59. The van der Waals surface area contributed by atoms with Gasteiger partial charge in [0.2, 0.25) is 5.88 Å². The molecule has 0 spiro atoms. The van der Waals surface area contributed by atoms with Crippen molar-refractivity contribution in [1.29, 1.82) is 0 Å². The molecule has 1 saturated heterocycles. The summed E-state index contributed by atoms with van der Waals surface area (Å²) in [6.07, 6.45) is 3.42. The Morgan fingerprint density at radius 1 is 1.24 bits per heavy atom. The fourth-order valence-corrected chi connectivity index (χ4v) is 3.49. The number of piperazine rings is 1. The fourth-order valence-electron chi connectivity index (χ4n) is 3.49. The van der Waals surface area contributed by atoms with Crippen molar-refractivity contribution in [1.82, 2.24) is 9.88 Å². The van der Waals surface area contributed by atoms with Gasteiger partial charge in [-0.2, -0.15) is 0 Å². The number of amides is 1. The summed E-state index contributed by atoms with van der Waals surface area (Å²) >= 11 is 0. The first kappa shape index (κ1) is 20.9. The number of aromatic nitrogens is 1. The smallest absolute Gasteiger partial charge is 0.349 e. The van der Waals surface area contributed by atoms with Crippen molar-refractivity contribution in [2.24, 2.45) is 5.92 Å². The van der Waals surface area contributed by atoms with Crippen LogP contribution >= 0.6 is 0 Å². The minimum absolute atomic E-state index is 0.151. The molecule has 0 aromatic carbocycles. The van der Waals surface area contributed by atoms with Crippen LogP contribution in [0.15, 0.2) is 33.6 Å². The van der Waals surface area contributed by atoms with E-state index in [1.54, 1.807) is 18.2 Å². The van der Waals surface area contributed by atoms with Gasteiger partial charge >= 0.3 is 5.63 Å². The van der Waals surface area contributed by atoms with E-state index in [4.69, 9.17) is 9.15 Å². The molecule has 2 aromatic heterocycles. The number of hydrogen-bond acceptors (Lipinski definition) is 6. The maximum absolute atomic E-state index is 13.0. The second kappa shape index (κ2) is 9.11. The Morgan fingerprint density at radius 3 is 2.52 bits per heavy atom. The summed E-state index contributed by atoms with van der Waals surface area (Å²) in [4.78, 5) is 33.6. The van der Waals surface area contributed by atoms with Crippen molar-refractivity contribution in [3.63, 3.8) is 0 Å². The van der Waals surface area contributed by atoms with Crippen molar-refractivity contribution in [3.8, 4) is 5.88 Å². The van der Waals surface area contributed by atoms with Crippen LogP contribution in [0.1, 0.15) is 41.9 Å². The normalized spacial score (nSPS) is 14.4. The molecule has 7 heteroatoms. The molecule has 7 nitrogen and oxygen atoms in total. The van der Waals surface area contributed by atoms with Crippen LogP contribution < -0.4 is 15.3 Å². The number of rotatable bonds is 6. The highest BCUT2D eigenvalue weighted by Crippen LogP contribution is 2.19. The number of carbonyl (C=O) groups is 1. The Labute approximate surface area is 171 Å². The van der Waals surface area contributed by atoms with Gasteiger partial charge in [-0.05, 0) is 37.0 Å². The second-order valence-electron chi connectivity index (χ2n) is 7.83. The Morgan fingerprint density at radius 2 is 1.97 bits per heavy atom. The number of hydrogen-bond donors (Lipinski definition) is 0. The molecule has 2 aromatic rings. The van der Waals surface area contributed by atoms with Crippen LogP contribution in [0.2, 0.25) is 0 Å². The van der Waals surface area contributed by atoms with E-state index in [9.17, 15) is 9.59 Å². The summed E-state index contributed by atoms with van der Waals surface area (Å²) in [5, 5.41) is 0. The van der Waals surface area contributed by atoms with E-state index in [-0.39, 0.29) is 11.5 Å². The molecule has 3 heterocycles. The molecule has 1 aliphatic heterocycles. The lowest BCUT2D eigenvalue weighted by atomic mass is 10.0. The zero-order valence-electron chi connectivity index (χ0n) is 17.6. The first-order chi connectivity index (χ1) is 13.9. The Balaban J connectivity index is 1.66. The van der Waals surface area contributed by atoms with Crippen LogP contribution in [0.5, 0.6) is 5.88 Å². The monoisotopic (exact) mass is 399 g/mol. The molecule has 1 amide bonds. The van der Waals surface area contributed by atoms with Gasteiger partial charge < -0.3 is 19.0 Å². The number of methoxy groups -OCH3 is 1. The van der Waals surface area contributed by atoms with Crippen LogP contribution in [0.3, 0.4) is 0 Å². The molecule has 29 heavy (non-hydrogen) atoms. The third kappa shape index (κ3) is 4.96. The van der Waals surface area contributed by atoms with Crippen LogP contribution in [0, 0.1) is 12.8 Å². The van der Waals surface area contributed by atoms with Gasteiger partial charge in [-0.3, -0.25) is 4.79 Å². The second-order valence-corrected chi connectivity index (χ2v) is 7.83. The summed E-state index contributed by atoms with van der Waals surface area (Å²) in [6, 6.07) is 5.61. The molecule has 0 saturated carbocycles. The van der Waals surface area contributed by atoms with E-state index in [0.717, 1.165) is 12.1 Å². The summed E-state index contributed by atoms with van der Waals surface area (Å²) in [5.41, 5.74) is 1.29. The molecule has 0 bridgehead atoms. The van der Waals surface area contributed by atoms with Crippen molar-refractivity contribution in [2.45, 2.75) is 33.6 Å². The van der Waals surface area contributed by atoms with Gasteiger partial charge in [-0.25, -0.2) is 9.78 Å². The van der Waals surface area contributed by atoms with Gasteiger partial charge in [0, 0.05) is 38.7 Å². The number of anilines is 1. The minimum Gasteiger partial charge on any atom is -0.481 e. The van der Waals surface area contributed by atoms with Gasteiger partial charge in [0.15, 0.2) is 0 Å². The number of ether oxygens (including phenoxy) is 1. The fraction of sp³-hybridized carbons (Fsp3) is 0.500. The van der Waals surface area contributed by atoms with Gasteiger partial charge in [-0.1, -0.05) is 13.8 Å². The van der Waals surface area contributed by atoms with E-state index in [2.05, 4.69) is 23.7 Å². The molecule has 0 radical (unpaired) electrons. The largest absolute Gasteiger partial charge is 0.481 e. The maximum atomic E-state index is 13.0. The molecule has 0 unspecified atom stereocenters. The molecule has 0 atom stereocenters. The number of carbonyl (C=O) groups excluding carboxylic acids is 1. The van der Waals surface area contributed by atoms with Crippen molar-refractivity contribution < 1.29 is 13.9 Å². The first-order valence-corrected chi connectivity index (χ1v) is 10.1. The van der Waals surface area contributed by atoms with E-state index in [1.807, 2.05) is 25.1 Å². The maximum Gasteiger partial charge on any atom is 0.349 e. The molecular weight excluding hydrogens is 370 g/mol. The molecule has 0 aliphatic carbocycles. The minimum atomic E-state index is -0.532. The lowest BCUT2D eigenvalue weighted by molar-refractivity contribution is 0.0741. The number of pyridine rings is 1. The third-order valence-corrected chi connectivity index (χ3v) is 5.24. The summed E-state index contributed by atoms with van der Waals surface area (Å²) in [5.74, 6) is 1.49. The Hall–Kier alpha value is -2.83. The van der Waals surface area contributed by atoms with Crippen molar-refractivity contribution in [3.05, 3.63) is 51.7 Å². The first-order valence-electron chi connectivity index (χ1n) is 10.1. The van der Waals surface area contributed by atoms with Gasteiger partial charge in [0.25, 0.3) is 5.91 Å². The van der Waals surface area contributed by atoms with E-state index < -0.39 is 5.63 Å². The zero-order chi connectivity index (χ0) is 21.0. The molecule has 156 valence electrons. The van der Waals surface area contributed by atoms with Crippen molar-refractivity contribution in [2.75, 3.05) is 38.2 Å². The predicted molar refractivity (Wildman–Crippen MR) is 112 cm³/mol. The average molecular weight is 399 g/mol. The number of nitrogens with zero attached hydrogens (tertiary/aromatic N) is 3. The van der Waals surface area contributed by atoms with Crippen molar-refractivity contribution >= 4 is 11.6 Å². The van der Waals surface area contributed by atoms with Gasteiger partial charge in [0.05, 0.1) is 19.0 Å². The average Bonchev–Trinajstić information content (AvgIpc) is 2.72. The topological polar surface area (TPSA) is 75.9 Å². The lowest BCUT2D eigenvalue weighted by Crippen LogP contribution is -2.49. The highest BCUT2D eigenvalue weighted by Gasteiger charge is 2.26. The summed E-state index contributed by atoms with van der Waals surface area (Å²) < 4.78 is 10.5. The van der Waals surface area contributed by atoms with Gasteiger partial charge in [-0.15, -0.1) is 0 Å². The summed E-state index contributed by atoms with van der Waals surface area (Å²) in [6.45, 7) is 8.50. The SMILES string of the molecule is COc1ccc(N2CCN(C(=O)c3c(C)cc(CCC(C)C)oc3=O)CC2)cn1. The quantitative estimate of drug-likeness (QED) is 0.743. The van der Waals surface area contributed by atoms with Gasteiger partial charge in [0.1, 0.15) is 11.3 Å². The highest BCUT2D eigenvalue weighted by molar-refractivity contribution is 5.95. The molecule has 1 aliphatic rings. The molecule has 0 N–H and O–H groups in total. The van der Waals surface area contributed by atoms with Crippen LogP contribution in [0.4, 0.5) is 5.69 Å². The van der Waals surface area contributed by atoms with Crippen LogP contribution in [-0.2, 0) is 6.42 Å². The van der Waals surface area contributed by atoms with E-state index in [1.165, 1.54) is 0 Å². The Bertz CT molecular complexity index is 897. The third-order valence-electron chi connectivity index (χ3n) is 5.24. The number of aryl methyl sites for hydroxylation is 2. The standard InChI is InChI=1S/C22H29N3O4/c1-15(2)5-7-18-13-16(3)20(22(27)29-18)21(26)25-11-9-24(10-12-25)17-6-8-19(28-4)23-14-17/h6,8,13-15H,5,7,9-12H2,1-4H3. The van der Waals surface area contributed by atoms with E-state index >= 15 is 0 Å². The molecule has 3 rings (SSSR count). The Kier molecular flexibility index (Phi) is 6.56. The lowest BCUT2D eigenvalue weighted by Gasteiger charge is -2.36. The highest BCUT2D eigenvalue weighted by atomic mass is 16.5.